The summed E-state index contributed by atoms with van der Waals surface area (Å²) in [5, 5.41) is 13.6. The molecule has 2 aliphatic rings. The maximum atomic E-state index is 13.1. The van der Waals surface area contributed by atoms with Crippen molar-refractivity contribution in [3.8, 4) is 0 Å². The van der Waals surface area contributed by atoms with Gasteiger partial charge in [0.05, 0.1) is 70.3 Å². The van der Waals surface area contributed by atoms with Gasteiger partial charge < -0.3 is 29.4 Å². The van der Waals surface area contributed by atoms with Gasteiger partial charge in [-0.3, -0.25) is 39.0 Å². The SMILES string of the molecule is O=C(O)CCOCCOCCOCCOCCCC(=O)CNc1cccc2c1C(=O)N(C1CCC(=O)NC1=O)C2=O. The molecule has 0 aromatic heterocycles. The van der Waals surface area contributed by atoms with Crippen molar-refractivity contribution >= 4 is 41.1 Å². The molecule has 1 unspecified atom stereocenters. The van der Waals surface area contributed by atoms with Crippen LogP contribution in [-0.4, -0.2) is 111 Å². The fraction of sp³-hybridized carbons (Fsp3) is 0.556. The van der Waals surface area contributed by atoms with E-state index < -0.39 is 35.6 Å². The number of ketones is 1. The summed E-state index contributed by atoms with van der Waals surface area (Å²) in [6.07, 6.45) is 0.808. The van der Waals surface area contributed by atoms with Crippen LogP contribution in [0.4, 0.5) is 5.69 Å². The number of amides is 4. The van der Waals surface area contributed by atoms with E-state index in [2.05, 4.69) is 10.6 Å². The molecule has 1 saturated heterocycles. The van der Waals surface area contributed by atoms with Gasteiger partial charge in [0.15, 0.2) is 5.78 Å². The molecule has 1 aromatic carbocycles. The summed E-state index contributed by atoms with van der Waals surface area (Å²) in [4.78, 5) is 73.3. The van der Waals surface area contributed by atoms with Crippen LogP contribution in [0, 0.1) is 0 Å². The Labute approximate surface area is 236 Å². The molecular formula is C27H35N3O11. The normalized spacial score (nSPS) is 16.6. The zero-order chi connectivity index (χ0) is 29.6. The number of piperidine rings is 1. The smallest absolute Gasteiger partial charge is 0.305 e. The average molecular weight is 578 g/mol. The Bertz CT molecular complexity index is 1120. The van der Waals surface area contributed by atoms with Gasteiger partial charge >= 0.3 is 5.97 Å². The van der Waals surface area contributed by atoms with Gasteiger partial charge in [-0.05, 0) is 25.0 Å². The Hall–Kier alpha value is -3.72. The maximum Gasteiger partial charge on any atom is 0.305 e. The molecule has 0 bridgehead atoms. The third-order valence-corrected chi connectivity index (χ3v) is 6.26. The van der Waals surface area contributed by atoms with E-state index in [0.717, 1.165) is 4.90 Å². The number of nitrogens with zero attached hydrogens (tertiary/aromatic N) is 1. The molecule has 3 rings (SSSR count). The number of carbonyl (C=O) groups is 6. The van der Waals surface area contributed by atoms with E-state index in [0.29, 0.717) is 58.4 Å². The van der Waals surface area contributed by atoms with Crippen molar-refractivity contribution in [2.24, 2.45) is 0 Å². The number of Topliss-reactive ketones (excluding diaryl/α,β-unsaturated/α-hetero) is 1. The van der Waals surface area contributed by atoms with Gasteiger partial charge in [0.25, 0.3) is 11.8 Å². The number of rotatable bonds is 20. The minimum Gasteiger partial charge on any atom is -0.481 e. The summed E-state index contributed by atoms with van der Waals surface area (Å²) in [5.41, 5.74) is 0.571. The van der Waals surface area contributed by atoms with Crippen molar-refractivity contribution in [2.45, 2.75) is 38.1 Å². The number of carboxylic acid groups (broad SMARTS) is 1. The molecule has 4 amide bonds. The van der Waals surface area contributed by atoms with Crippen molar-refractivity contribution in [3.05, 3.63) is 29.3 Å². The Morgan fingerprint density at radius 1 is 0.878 bits per heavy atom. The summed E-state index contributed by atoms with van der Waals surface area (Å²) < 4.78 is 21.2. The standard InChI is InChI=1S/C27H35N3O11/c31-18(3-2-9-38-11-13-40-15-16-41-14-12-39-10-8-23(33)34)17-28-20-5-1-4-19-24(20)27(37)30(26(19)36)21-6-7-22(32)29-25(21)35/h1,4-5,21,28H,2-3,6-17H2,(H,33,34)(H,29,32,35). The molecule has 14 nitrogen and oxygen atoms in total. The number of ether oxygens (including phenoxy) is 4. The van der Waals surface area contributed by atoms with Crippen molar-refractivity contribution < 1.29 is 52.8 Å². The Balaban J connectivity index is 1.27. The first-order valence-electron chi connectivity index (χ1n) is 13.4. The van der Waals surface area contributed by atoms with Gasteiger partial charge in [-0.2, -0.15) is 0 Å². The number of aliphatic carboxylic acids is 1. The highest BCUT2D eigenvalue weighted by molar-refractivity contribution is 6.25. The van der Waals surface area contributed by atoms with Crippen LogP contribution in [0.25, 0.3) is 0 Å². The number of carboxylic acids is 1. The lowest BCUT2D eigenvalue weighted by Gasteiger charge is -2.27. The van der Waals surface area contributed by atoms with Crippen LogP contribution in [0.15, 0.2) is 18.2 Å². The highest BCUT2D eigenvalue weighted by atomic mass is 16.6. The quantitative estimate of drug-likeness (QED) is 0.143. The minimum absolute atomic E-state index is 0.0330. The zero-order valence-corrected chi connectivity index (χ0v) is 22.7. The van der Waals surface area contributed by atoms with Crippen LogP contribution >= 0.6 is 0 Å². The molecule has 3 N–H and O–H groups in total. The number of anilines is 1. The molecule has 0 spiro atoms. The lowest BCUT2D eigenvalue weighted by Crippen LogP contribution is -2.54. The van der Waals surface area contributed by atoms with E-state index in [-0.39, 0.29) is 55.7 Å². The first-order chi connectivity index (χ1) is 19.8. The predicted molar refractivity (Wildman–Crippen MR) is 141 cm³/mol. The van der Waals surface area contributed by atoms with Crippen LogP contribution in [0.1, 0.15) is 52.8 Å². The number of benzene rings is 1. The Kier molecular flexibility index (Phi) is 12.8. The Morgan fingerprint density at radius 3 is 2.15 bits per heavy atom. The molecule has 1 fully saturated rings. The summed E-state index contributed by atoms with van der Waals surface area (Å²) >= 11 is 0. The molecule has 2 aliphatic heterocycles. The zero-order valence-electron chi connectivity index (χ0n) is 22.7. The molecular weight excluding hydrogens is 542 g/mol. The van der Waals surface area contributed by atoms with Crippen molar-refractivity contribution in [1.82, 2.24) is 10.2 Å². The third-order valence-electron chi connectivity index (χ3n) is 6.26. The van der Waals surface area contributed by atoms with E-state index in [1.165, 1.54) is 6.07 Å². The topological polar surface area (TPSA) is 187 Å². The molecule has 1 aromatic rings. The number of imide groups is 2. The summed E-state index contributed by atoms with van der Waals surface area (Å²) in [6, 6.07) is 3.61. The molecule has 2 heterocycles. The van der Waals surface area contributed by atoms with Crippen LogP contribution < -0.4 is 10.6 Å². The lowest BCUT2D eigenvalue weighted by atomic mass is 10.0. The fourth-order valence-electron chi connectivity index (χ4n) is 4.24. The van der Waals surface area contributed by atoms with Crippen molar-refractivity contribution in [3.63, 3.8) is 0 Å². The monoisotopic (exact) mass is 577 g/mol. The third kappa shape index (κ3) is 9.70. The van der Waals surface area contributed by atoms with Gasteiger partial charge in [0, 0.05) is 25.1 Å². The maximum absolute atomic E-state index is 13.1. The molecule has 0 radical (unpaired) electrons. The van der Waals surface area contributed by atoms with E-state index in [1.807, 2.05) is 0 Å². The second-order valence-corrected chi connectivity index (χ2v) is 9.26. The van der Waals surface area contributed by atoms with Gasteiger partial charge in [-0.1, -0.05) is 6.07 Å². The first-order valence-corrected chi connectivity index (χ1v) is 13.4. The molecule has 0 aliphatic carbocycles. The van der Waals surface area contributed by atoms with E-state index >= 15 is 0 Å². The van der Waals surface area contributed by atoms with Gasteiger partial charge in [0.1, 0.15) is 6.04 Å². The number of hydrogen-bond donors (Lipinski definition) is 3. The summed E-state index contributed by atoms with van der Waals surface area (Å²) in [6.45, 7) is 2.63. The van der Waals surface area contributed by atoms with Crippen molar-refractivity contribution in [1.29, 1.82) is 0 Å². The number of fused-ring (bicyclic) bond motifs is 1. The fourth-order valence-corrected chi connectivity index (χ4v) is 4.24. The molecule has 41 heavy (non-hydrogen) atoms. The molecule has 224 valence electrons. The van der Waals surface area contributed by atoms with Gasteiger partial charge in [0.2, 0.25) is 11.8 Å². The molecule has 1 atom stereocenters. The molecule has 0 saturated carbocycles. The average Bonchev–Trinajstić information content (AvgIpc) is 3.19. The summed E-state index contributed by atoms with van der Waals surface area (Å²) in [5.74, 6) is -3.39. The van der Waals surface area contributed by atoms with Crippen LogP contribution in [0.3, 0.4) is 0 Å². The van der Waals surface area contributed by atoms with Crippen LogP contribution in [0.2, 0.25) is 0 Å². The minimum atomic E-state index is -1.06. The number of nitrogens with one attached hydrogen (secondary N) is 2. The number of hydrogen-bond acceptors (Lipinski definition) is 11. The second kappa shape index (κ2) is 16.5. The van der Waals surface area contributed by atoms with Crippen molar-refractivity contribution in [2.75, 3.05) is 64.7 Å². The van der Waals surface area contributed by atoms with Crippen LogP contribution in [0.5, 0.6) is 0 Å². The lowest BCUT2D eigenvalue weighted by molar-refractivity contribution is -0.138. The van der Waals surface area contributed by atoms with Gasteiger partial charge in [-0.25, -0.2) is 0 Å². The highest BCUT2D eigenvalue weighted by Gasteiger charge is 2.45. The van der Waals surface area contributed by atoms with Gasteiger partial charge in [-0.15, -0.1) is 0 Å². The van der Waals surface area contributed by atoms with E-state index in [4.69, 9.17) is 24.1 Å². The second-order valence-electron chi connectivity index (χ2n) is 9.26. The predicted octanol–water partition coefficient (Wildman–Crippen LogP) is 0.390. The summed E-state index contributed by atoms with van der Waals surface area (Å²) in [7, 11) is 0. The van der Waals surface area contributed by atoms with Crippen LogP contribution in [-0.2, 0) is 38.1 Å². The Morgan fingerprint density at radius 2 is 1.51 bits per heavy atom. The number of carbonyl (C=O) groups excluding carboxylic acids is 5. The van der Waals surface area contributed by atoms with E-state index in [9.17, 15) is 28.8 Å². The largest absolute Gasteiger partial charge is 0.481 e. The highest BCUT2D eigenvalue weighted by Crippen LogP contribution is 2.32. The van der Waals surface area contributed by atoms with E-state index in [1.54, 1.807) is 12.1 Å². The first kappa shape index (κ1) is 31.8. The molecule has 14 heteroatoms.